The van der Waals surface area contributed by atoms with Crippen LogP contribution in [0.5, 0.6) is 5.75 Å². The first-order valence-corrected chi connectivity index (χ1v) is 6.09. The monoisotopic (exact) mass is 263 g/mol. The first-order valence-electron chi connectivity index (χ1n) is 6.09. The summed E-state index contributed by atoms with van der Waals surface area (Å²) in [5.74, 6) is 0.357. The molecule has 1 aromatic carbocycles. The van der Waals surface area contributed by atoms with E-state index in [-0.39, 0.29) is 5.82 Å². The second-order valence-corrected chi connectivity index (χ2v) is 4.42. The molecule has 5 heteroatoms. The van der Waals surface area contributed by atoms with Gasteiger partial charge in [0.1, 0.15) is 11.6 Å². The zero-order valence-electron chi connectivity index (χ0n) is 11.6. The van der Waals surface area contributed by atoms with Gasteiger partial charge in [0.25, 0.3) is 0 Å². The molecule has 0 unspecified atom stereocenters. The molecule has 0 saturated heterocycles. The van der Waals surface area contributed by atoms with Gasteiger partial charge in [0.15, 0.2) is 0 Å². The largest absolute Gasteiger partial charge is 0.496 e. The van der Waals surface area contributed by atoms with Gasteiger partial charge in [0.05, 0.1) is 18.5 Å². The third kappa shape index (κ3) is 2.46. The van der Waals surface area contributed by atoms with Crippen molar-refractivity contribution < 1.29 is 9.13 Å². The van der Waals surface area contributed by atoms with Crippen molar-refractivity contribution in [2.24, 2.45) is 7.05 Å². The molecule has 4 nitrogen and oxygen atoms in total. The van der Waals surface area contributed by atoms with Gasteiger partial charge in [-0.3, -0.25) is 4.68 Å². The van der Waals surface area contributed by atoms with Crippen LogP contribution in [0.2, 0.25) is 0 Å². The fourth-order valence-corrected chi connectivity index (χ4v) is 2.26. The molecule has 2 rings (SSSR count). The summed E-state index contributed by atoms with van der Waals surface area (Å²) in [7, 11) is 5.30. The highest BCUT2D eigenvalue weighted by atomic mass is 19.1. The summed E-state index contributed by atoms with van der Waals surface area (Å²) in [4.78, 5) is 0. The molecular weight excluding hydrogens is 245 g/mol. The van der Waals surface area contributed by atoms with Crippen LogP contribution in [0.15, 0.2) is 18.2 Å². The Labute approximate surface area is 112 Å². The molecule has 0 atom stereocenters. The fourth-order valence-electron chi connectivity index (χ4n) is 2.26. The topological polar surface area (TPSA) is 39.1 Å². The van der Waals surface area contributed by atoms with Crippen LogP contribution in [0.4, 0.5) is 4.39 Å². The van der Waals surface area contributed by atoms with E-state index in [0.29, 0.717) is 12.3 Å². The Bertz CT molecular complexity index is 593. The molecule has 0 aliphatic carbocycles. The highest BCUT2D eigenvalue weighted by Gasteiger charge is 2.17. The summed E-state index contributed by atoms with van der Waals surface area (Å²) in [6, 6.07) is 4.50. The minimum absolute atomic E-state index is 0.286. The number of methoxy groups -OCH3 is 1. The van der Waals surface area contributed by atoms with Gasteiger partial charge in [-0.25, -0.2) is 4.39 Å². The molecule has 1 aromatic heterocycles. The maximum absolute atomic E-state index is 13.5. The maximum Gasteiger partial charge on any atom is 0.128 e. The predicted molar refractivity (Wildman–Crippen MR) is 72.7 cm³/mol. The molecule has 2 aromatic rings. The van der Waals surface area contributed by atoms with E-state index in [9.17, 15) is 4.39 Å². The zero-order valence-corrected chi connectivity index (χ0v) is 11.6. The van der Waals surface area contributed by atoms with E-state index in [1.54, 1.807) is 17.9 Å². The minimum atomic E-state index is -0.286. The summed E-state index contributed by atoms with van der Waals surface area (Å²) in [5, 5.41) is 7.53. The van der Waals surface area contributed by atoms with E-state index in [1.807, 2.05) is 21.0 Å². The molecule has 0 aliphatic rings. The molecule has 102 valence electrons. The van der Waals surface area contributed by atoms with Crippen molar-refractivity contribution in [2.45, 2.75) is 13.5 Å². The zero-order chi connectivity index (χ0) is 14.0. The number of aromatic nitrogens is 2. The minimum Gasteiger partial charge on any atom is -0.496 e. The summed E-state index contributed by atoms with van der Waals surface area (Å²) in [6.45, 7) is 2.66. The van der Waals surface area contributed by atoms with E-state index >= 15 is 0 Å². The van der Waals surface area contributed by atoms with Crippen molar-refractivity contribution in [1.82, 2.24) is 15.1 Å². The van der Waals surface area contributed by atoms with E-state index in [4.69, 9.17) is 4.74 Å². The normalized spacial score (nSPS) is 10.8. The molecule has 0 saturated carbocycles. The smallest absolute Gasteiger partial charge is 0.128 e. The Morgan fingerprint density at radius 2 is 2.16 bits per heavy atom. The number of benzene rings is 1. The van der Waals surface area contributed by atoms with Gasteiger partial charge in [0, 0.05) is 19.2 Å². The third-order valence-electron chi connectivity index (χ3n) is 3.14. The Morgan fingerprint density at radius 1 is 1.42 bits per heavy atom. The average Bonchev–Trinajstić information content (AvgIpc) is 2.65. The van der Waals surface area contributed by atoms with Gasteiger partial charge >= 0.3 is 0 Å². The maximum atomic E-state index is 13.5. The van der Waals surface area contributed by atoms with Gasteiger partial charge < -0.3 is 10.1 Å². The standard InChI is InChI=1S/C14H18FN3O/c1-9-12(8-16-2)17-18(3)14(9)11-7-10(15)5-6-13(11)19-4/h5-7,16H,8H2,1-4H3. The Morgan fingerprint density at radius 3 is 2.79 bits per heavy atom. The molecule has 0 spiro atoms. The summed E-state index contributed by atoms with van der Waals surface area (Å²) >= 11 is 0. The Kier molecular flexibility index (Phi) is 3.85. The lowest BCUT2D eigenvalue weighted by molar-refractivity contribution is 0.415. The molecule has 0 radical (unpaired) electrons. The number of hydrogen-bond donors (Lipinski definition) is 1. The van der Waals surface area contributed by atoms with Crippen LogP contribution in [0.1, 0.15) is 11.3 Å². The number of nitrogens with zero attached hydrogens (tertiary/aromatic N) is 2. The lowest BCUT2D eigenvalue weighted by Gasteiger charge is -2.10. The Balaban J connectivity index is 2.61. The van der Waals surface area contributed by atoms with Crippen LogP contribution in [0, 0.1) is 12.7 Å². The number of rotatable bonds is 4. The van der Waals surface area contributed by atoms with Gasteiger partial charge in [-0.15, -0.1) is 0 Å². The molecular formula is C14H18FN3O. The van der Waals surface area contributed by atoms with Crippen LogP contribution in [0.3, 0.4) is 0 Å². The van der Waals surface area contributed by atoms with Crippen LogP contribution in [0.25, 0.3) is 11.3 Å². The van der Waals surface area contributed by atoms with Crippen molar-refractivity contribution in [1.29, 1.82) is 0 Å². The predicted octanol–water partition coefficient (Wildman–Crippen LogP) is 2.26. The second-order valence-electron chi connectivity index (χ2n) is 4.42. The highest BCUT2D eigenvalue weighted by Crippen LogP contribution is 2.33. The lowest BCUT2D eigenvalue weighted by Crippen LogP contribution is -2.06. The van der Waals surface area contributed by atoms with Crippen LogP contribution in [-0.2, 0) is 13.6 Å². The van der Waals surface area contributed by atoms with Gasteiger partial charge in [-0.05, 0) is 37.7 Å². The van der Waals surface area contributed by atoms with E-state index in [0.717, 1.165) is 22.5 Å². The van der Waals surface area contributed by atoms with Crippen molar-refractivity contribution >= 4 is 0 Å². The molecule has 19 heavy (non-hydrogen) atoms. The number of halogens is 1. The number of aryl methyl sites for hydroxylation is 1. The van der Waals surface area contributed by atoms with Crippen LogP contribution in [-0.4, -0.2) is 23.9 Å². The van der Waals surface area contributed by atoms with E-state index < -0.39 is 0 Å². The number of hydrogen-bond acceptors (Lipinski definition) is 3. The van der Waals surface area contributed by atoms with Gasteiger partial charge in [-0.2, -0.15) is 5.10 Å². The third-order valence-corrected chi connectivity index (χ3v) is 3.14. The van der Waals surface area contributed by atoms with Gasteiger partial charge in [-0.1, -0.05) is 0 Å². The molecule has 1 N–H and O–H groups in total. The SMILES string of the molecule is CNCc1nn(C)c(-c2cc(F)ccc2OC)c1C. The van der Waals surface area contributed by atoms with Gasteiger partial charge in [0.2, 0.25) is 0 Å². The first kappa shape index (κ1) is 13.5. The fraction of sp³-hybridized carbons (Fsp3) is 0.357. The molecule has 1 heterocycles. The number of nitrogens with one attached hydrogen (secondary N) is 1. The van der Waals surface area contributed by atoms with Crippen molar-refractivity contribution in [3.63, 3.8) is 0 Å². The van der Waals surface area contributed by atoms with Crippen LogP contribution >= 0.6 is 0 Å². The molecule has 0 aliphatic heterocycles. The van der Waals surface area contributed by atoms with Crippen molar-refractivity contribution in [3.05, 3.63) is 35.3 Å². The van der Waals surface area contributed by atoms with E-state index in [2.05, 4.69) is 10.4 Å². The first-order chi connectivity index (χ1) is 9.08. The number of ether oxygens (including phenoxy) is 1. The van der Waals surface area contributed by atoms with Crippen molar-refractivity contribution in [3.8, 4) is 17.0 Å². The highest BCUT2D eigenvalue weighted by molar-refractivity contribution is 5.71. The molecule has 0 fully saturated rings. The van der Waals surface area contributed by atoms with E-state index in [1.165, 1.54) is 12.1 Å². The summed E-state index contributed by atoms with van der Waals surface area (Å²) < 4.78 is 20.6. The van der Waals surface area contributed by atoms with Crippen molar-refractivity contribution in [2.75, 3.05) is 14.2 Å². The molecule has 0 amide bonds. The second kappa shape index (κ2) is 5.40. The lowest BCUT2D eigenvalue weighted by atomic mass is 10.1. The van der Waals surface area contributed by atoms with Crippen LogP contribution < -0.4 is 10.1 Å². The quantitative estimate of drug-likeness (QED) is 0.919. The average molecular weight is 263 g/mol. The summed E-state index contributed by atoms with van der Waals surface area (Å²) in [5.41, 5.74) is 3.58. The summed E-state index contributed by atoms with van der Waals surface area (Å²) in [6.07, 6.45) is 0. The molecule has 0 bridgehead atoms. The Hall–Kier alpha value is -1.88.